The lowest BCUT2D eigenvalue weighted by Gasteiger charge is -1.93. The smallest absolute Gasteiger partial charge is 0.263 e. The fourth-order valence-electron chi connectivity index (χ4n) is 0.803. The van der Waals surface area contributed by atoms with E-state index >= 15 is 0 Å². The summed E-state index contributed by atoms with van der Waals surface area (Å²) in [6.45, 7) is 0. The van der Waals surface area contributed by atoms with Crippen molar-refractivity contribution < 1.29 is 4.52 Å². The standard InChI is InChI=1S/C6H4ClN3OS/c1-12-6-9-4(7)3-2-8-11-5(3)10-6/h2H,1H3. The molecule has 2 aromatic rings. The molecule has 2 heterocycles. The summed E-state index contributed by atoms with van der Waals surface area (Å²) in [7, 11) is 0. The first-order valence-corrected chi connectivity index (χ1v) is 4.73. The van der Waals surface area contributed by atoms with Crippen LogP contribution in [-0.2, 0) is 0 Å². The van der Waals surface area contributed by atoms with Crippen molar-refractivity contribution in [1.29, 1.82) is 0 Å². The minimum absolute atomic E-state index is 0.380. The number of fused-ring (bicyclic) bond motifs is 1. The van der Waals surface area contributed by atoms with Gasteiger partial charge in [0.05, 0.1) is 11.6 Å². The van der Waals surface area contributed by atoms with Crippen LogP contribution in [0.5, 0.6) is 0 Å². The number of aromatic nitrogens is 3. The number of nitrogens with zero attached hydrogens (tertiary/aromatic N) is 3. The summed E-state index contributed by atoms with van der Waals surface area (Å²) in [6.07, 6.45) is 3.37. The Kier molecular flexibility index (Phi) is 1.90. The zero-order chi connectivity index (χ0) is 8.55. The molecule has 0 aliphatic carbocycles. The molecule has 2 rings (SSSR count). The molecular formula is C6H4ClN3OS. The minimum Gasteiger partial charge on any atom is -0.336 e. The topological polar surface area (TPSA) is 51.8 Å². The Labute approximate surface area is 77.3 Å². The molecule has 0 saturated heterocycles. The number of hydrogen-bond donors (Lipinski definition) is 0. The fourth-order valence-corrected chi connectivity index (χ4v) is 1.42. The van der Waals surface area contributed by atoms with E-state index in [2.05, 4.69) is 15.1 Å². The van der Waals surface area contributed by atoms with Gasteiger partial charge in [0.15, 0.2) is 5.16 Å². The number of thioether (sulfide) groups is 1. The van der Waals surface area contributed by atoms with Crippen LogP contribution in [0.2, 0.25) is 5.15 Å². The van der Waals surface area contributed by atoms with Gasteiger partial charge < -0.3 is 4.52 Å². The van der Waals surface area contributed by atoms with Crippen LogP contribution >= 0.6 is 23.4 Å². The van der Waals surface area contributed by atoms with E-state index < -0.39 is 0 Å². The Bertz CT molecular complexity index is 416. The lowest BCUT2D eigenvalue weighted by molar-refractivity contribution is 0.446. The molecule has 0 N–H and O–H groups in total. The second kappa shape index (κ2) is 2.91. The molecule has 0 amide bonds. The van der Waals surface area contributed by atoms with Gasteiger partial charge in [-0.15, -0.1) is 0 Å². The summed E-state index contributed by atoms with van der Waals surface area (Å²) in [5.41, 5.74) is 0.430. The molecule has 62 valence electrons. The summed E-state index contributed by atoms with van der Waals surface area (Å²) in [5.74, 6) is 0. The molecule has 0 atom stereocenters. The van der Waals surface area contributed by atoms with Gasteiger partial charge in [0.1, 0.15) is 5.15 Å². The van der Waals surface area contributed by atoms with E-state index in [4.69, 9.17) is 16.1 Å². The molecule has 0 aliphatic rings. The molecule has 6 heteroatoms. The van der Waals surface area contributed by atoms with Crippen LogP contribution in [0.1, 0.15) is 0 Å². The van der Waals surface area contributed by atoms with Crippen molar-refractivity contribution >= 4 is 34.5 Å². The molecular weight excluding hydrogens is 198 g/mol. The van der Waals surface area contributed by atoms with Gasteiger partial charge in [-0.05, 0) is 6.26 Å². The third kappa shape index (κ3) is 1.15. The number of rotatable bonds is 1. The van der Waals surface area contributed by atoms with E-state index in [1.54, 1.807) is 0 Å². The van der Waals surface area contributed by atoms with Crippen molar-refractivity contribution in [2.75, 3.05) is 6.26 Å². The molecule has 0 saturated carbocycles. The molecule has 0 unspecified atom stereocenters. The minimum atomic E-state index is 0.380. The highest BCUT2D eigenvalue weighted by atomic mass is 35.5. The van der Waals surface area contributed by atoms with Crippen molar-refractivity contribution in [3.8, 4) is 0 Å². The maximum absolute atomic E-state index is 5.82. The van der Waals surface area contributed by atoms with E-state index in [9.17, 15) is 0 Å². The first kappa shape index (κ1) is 7.82. The zero-order valence-corrected chi connectivity index (χ0v) is 7.69. The van der Waals surface area contributed by atoms with Crippen LogP contribution in [0.3, 0.4) is 0 Å². The summed E-state index contributed by atoms with van der Waals surface area (Å²) < 4.78 is 4.84. The molecule has 0 aromatic carbocycles. The molecule has 4 nitrogen and oxygen atoms in total. The lowest BCUT2D eigenvalue weighted by Crippen LogP contribution is -1.85. The third-order valence-electron chi connectivity index (χ3n) is 1.35. The maximum atomic E-state index is 5.82. The van der Waals surface area contributed by atoms with Crippen LogP contribution in [0.25, 0.3) is 11.1 Å². The molecule has 0 spiro atoms. The SMILES string of the molecule is CSc1nc(Cl)c2cnoc2n1. The van der Waals surface area contributed by atoms with E-state index in [-0.39, 0.29) is 0 Å². The molecule has 0 fully saturated rings. The van der Waals surface area contributed by atoms with Crippen LogP contribution in [-0.4, -0.2) is 21.4 Å². The second-order valence-electron chi connectivity index (χ2n) is 2.05. The molecule has 12 heavy (non-hydrogen) atoms. The molecule has 0 bridgehead atoms. The first-order chi connectivity index (χ1) is 5.81. The Hall–Kier alpha value is -0.810. The maximum Gasteiger partial charge on any atom is 0.263 e. The van der Waals surface area contributed by atoms with Gasteiger partial charge in [0.25, 0.3) is 5.71 Å². The normalized spacial score (nSPS) is 10.8. The predicted octanol–water partition coefficient (Wildman–Crippen LogP) is 1.99. The molecule has 0 radical (unpaired) electrons. The van der Waals surface area contributed by atoms with Crippen LogP contribution in [0.15, 0.2) is 15.9 Å². The van der Waals surface area contributed by atoms with Crippen LogP contribution in [0.4, 0.5) is 0 Å². The van der Waals surface area contributed by atoms with Gasteiger partial charge in [0, 0.05) is 0 Å². The third-order valence-corrected chi connectivity index (χ3v) is 2.18. The van der Waals surface area contributed by atoms with Crippen molar-refractivity contribution in [2.24, 2.45) is 0 Å². The summed E-state index contributed by atoms with van der Waals surface area (Å²) in [6, 6.07) is 0. The Morgan fingerprint density at radius 2 is 2.33 bits per heavy atom. The summed E-state index contributed by atoms with van der Waals surface area (Å²) >= 11 is 7.22. The second-order valence-corrected chi connectivity index (χ2v) is 3.18. The van der Waals surface area contributed by atoms with Gasteiger partial charge >= 0.3 is 0 Å². The quantitative estimate of drug-likeness (QED) is 0.401. The van der Waals surface area contributed by atoms with E-state index in [0.717, 1.165) is 0 Å². The monoisotopic (exact) mass is 201 g/mol. The summed E-state index contributed by atoms with van der Waals surface area (Å²) in [5, 5.41) is 5.18. The number of halogens is 1. The van der Waals surface area contributed by atoms with Crippen LogP contribution < -0.4 is 0 Å². The van der Waals surface area contributed by atoms with Crippen molar-refractivity contribution in [2.45, 2.75) is 5.16 Å². The summed E-state index contributed by atoms with van der Waals surface area (Å²) in [4.78, 5) is 8.06. The van der Waals surface area contributed by atoms with E-state index in [1.807, 2.05) is 6.26 Å². The van der Waals surface area contributed by atoms with E-state index in [1.165, 1.54) is 18.0 Å². The van der Waals surface area contributed by atoms with Gasteiger partial charge in [0.2, 0.25) is 0 Å². The number of hydrogen-bond acceptors (Lipinski definition) is 5. The van der Waals surface area contributed by atoms with E-state index in [0.29, 0.717) is 21.4 Å². The lowest BCUT2D eigenvalue weighted by atomic mass is 10.5. The van der Waals surface area contributed by atoms with Crippen molar-refractivity contribution in [3.05, 3.63) is 11.3 Å². The zero-order valence-electron chi connectivity index (χ0n) is 6.11. The van der Waals surface area contributed by atoms with Gasteiger partial charge in [-0.2, -0.15) is 4.98 Å². The average molecular weight is 202 g/mol. The molecule has 2 aromatic heterocycles. The molecule has 0 aliphatic heterocycles. The Morgan fingerprint density at radius 3 is 3.08 bits per heavy atom. The highest BCUT2D eigenvalue weighted by Crippen LogP contribution is 2.22. The van der Waals surface area contributed by atoms with Crippen molar-refractivity contribution in [3.63, 3.8) is 0 Å². The highest BCUT2D eigenvalue weighted by Gasteiger charge is 2.08. The highest BCUT2D eigenvalue weighted by molar-refractivity contribution is 7.98. The largest absolute Gasteiger partial charge is 0.336 e. The van der Waals surface area contributed by atoms with Gasteiger partial charge in [-0.1, -0.05) is 28.5 Å². The van der Waals surface area contributed by atoms with Gasteiger partial charge in [-0.3, -0.25) is 0 Å². The average Bonchev–Trinajstić information content (AvgIpc) is 2.52. The fraction of sp³-hybridized carbons (Fsp3) is 0.167. The van der Waals surface area contributed by atoms with Gasteiger partial charge in [-0.25, -0.2) is 4.98 Å². The predicted molar refractivity (Wildman–Crippen MR) is 46.4 cm³/mol. The Morgan fingerprint density at radius 1 is 1.50 bits per heavy atom. The Balaban J connectivity index is 2.75. The first-order valence-electron chi connectivity index (χ1n) is 3.13. The van der Waals surface area contributed by atoms with Crippen LogP contribution in [0, 0.1) is 0 Å². The van der Waals surface area contributed by atoms with Crippen molar-refractivity contribution in [1.82, 2.24) is 15.1 Å².